The number of hydrogen-bond acceptors (Lipinski definition) is 3. The number of rotatable bonds is 10. The third-order valence-electron chi connectivity index (χ3n) is 5.96. The summed E-state index contributed by atoms with van der Waals surface area (Å²) in [6.45, 7) is 7.62. The van der Waals surface area contributed by atoms with Crippen LogP contribution in [-0.2, 0) is 4.43 Å². The summed E-state index contributed by atoms with van der Waals surface area (Å²) in [7, 11) is -2.46. The van der Waals surface area contributed by atoms with E-state index in [1.165, 1.54) is 28.3 Å². The molecule has 0 bridgehead atoms. The molecule has 0 saturated carbocycles. The average molecular weight is 489 g/mol. The van der Waals surface area contributed by atoms with Gasteiger partial charge in [-0.3, -0.25) is 0 Å². The minimum atomic E-state index is -2.46. The van der Waals surface area contributed by atoms with Crippen molar-refractivity contribution in [2.24, 2.45) is 0 Å². The SMILES string of the molecule is CC(C)(C)[Si](OCCCC/C=C(/F)CC1SCCCS1)(c1ccccc1)c1ccccc1. The van der Waals surface area contributed by atoms with Crippen LogP contribution in [0.2, 0.25) is 5.04 Å². The van der Waals surface area contributed by atoms with E-state index in [9.17, 15) is 4.39 Å². The topological polar surface area (TPSA) is 9.23 Å². The van der Waals surface area contributed by atoms with Gasteiger partial charge in [-0.15, -0.1) is 23.5 Å². The van der Waals surface area contributed by atoms with Crippen molar-refractivity contribution in [2.75, 3.05) is 18.1 Å². The van der Waals surface area contributed by atoms with E-state index < -0.39 is 8.32 Å². The van der Waals surface area contributed by atoms with Crippen molar-refractivity contribution in [3.8, 4) is 0 Å². The number of hydrogen-bond donors (Lipinski definition) is 0. The largest absolute Gasteiger partial charge is 0.407 e. The van der Waals surface area contributed by atoms with Crippen molar-refractivity contribution in [1.82, 2.24) is 0 Å². The molecular formula is C27H37FOS2Si. The van der Waals surface area contributed by atoms with Gasteiger partial charge in [0.05, 0.1) is 10.4 Å². The quantitative estimate of drug-likeness (QED) is 0.259. The van der Waals surface area contributed by atoms with Crippen LogP contribution in [-0.4, -0.2) is 31.0 Å². The number of unbranched alkanes of at least 4 members (excludes halogenated alkanes) is 2. The molecule has 1 nitrogen and oxygen atoms in total. The van der Waals surface area contributed by atoms with Crippen LogP contribution in [0.5, 0.6) is 0 Å². The lowest BCUT2D eigenvalue weighted by Crippen LogP contribution is -2.66. The zero-order valence-corrected chi connectivity index (χ0v) is 22.3. The average Bonchev–Trinajstić information content (AvgIpc) is 2.80. The van der Waals surface area contributed by atoms with Crippen molar-refractivity contribution < 1.29 is 8.82 Å². The standard InChI is InChI=1S/C27H37FOS2Si/c1-27(2,3)32(24-15-8-4-9-16-24,25-17-10-5-11-18-25)29-19-12-6-7-14-23(28)22-26-30-20-13-21-31-26/h4-5,8-11,14-18,26H,6-7,12-13,19-22H2,1-3H3/b23-14+. The van der Waals surface area contributed by atoms with E-state index in [4.69, 9.17) is 4.43 Å². The molecule has 174 valence electrons. The third-order valence-corrected chi connectivity index (χ3v) is 13.9. The van der Waals surface area contributed by atoms with Crippen molar-refractivity contribution in [3.63, 3.8) is 0 Å². The molecule has 0 unspecified atom stereocenters. The fourth-order valence-electron chi connectivity index (χ4n) is 4.39. The Kier molecular flexibility index (Phi) is 9.96. The van der Waals surface area contributed by atoms with Crippen molar-refractivity contribution in [3.05, 3.63) is 72.6 Å². The summed E-state index contributed by atoms with van der Waals surface area (Å²) in [6, 6.07) is 21.5. The molecule has 1 heterocycles. The van der Waals surface area contributed by atoms with Gasteiger partial charge in [-0.2, -0.15) is 0 Å². The van der Waals surface area contributed by atoms with Crippen molar-refractivity contribution >= 4 is 42.2 Å². The molecule has 32 heavy (non-hydrogen) atoms. The number of halogens is 1. The number of benzene rings is 2. The van der Waals surface area contributed by atoms with Gasteiger partial charge in [0, 0.05) is 13.0 Å². The van der Waals surface area contributed by atoms with Crippen molar-refractivity contribution in [1.29, 1.82) is 0 Å². The Balaban J connectivity index is 1.62. The Bertz CT molecular complexity index is 790. The number of allylic oxidation sites excluding steroid dienone is 2. The lowest BCUT2D eigenvalue weighted by atomic mass is 10.2. The summed E-state index contributed by atoms with van der Waals surface area (Å²) in [5, 5.41) is 2.62. The van der Waals surface area contributed by atoms with E-state index in [2.05, 4.69) is 81.4 Å². The van der Waals surface area contributed by atoms with Crippen LogP contribution in [0, 0.1) is 0 Å². The van der Waals surface area contributed by atoms with E-state index in [0.29, 0.717) is 17.6 Å². The molecule has 1 aliphatic rings. The van der Waals surface area contributed by atoms with E-state index >= 15 is 0 Å². The first kappa shape index (κ1) is 25.6. The summed E-state index contributed by atoms with van der Waals surface area (Å²) in [4.78, 5) is 0. The van der Waals surface area contributed by atoms with E-state index in [-0.39, 0.29) is 10.9 Å². The minimum Gasteiger partial charge on any atom is -0.407 e. The summed E-state index contributed by atoms with van der Waals surface area (Å²) in [5.74, 6) is 2.40. The molecule has 2 aromatic rings. The highest BCUT2D eigenvalue weighted by atomic mass is 32.2. The second-order valence-electron chi connectivity index (χ2n) is 9.39. The smallest absolute Gasteiger partial charge is 0.261 e. The van der Waals surface area contributed by atoms with Gasteiger partial charge in [-0.25, -0.2) is 4.39 Å². The van der Waals surface area contributed by atoms with Crippen LogP contribution in [0.15, 0.2) is 72.6 Å². The molecular weight excluding hydrogens is 452 g/mol. The molecule has 1 saturated heterocycles. The normalized spacial score (nSPS) is 16.3. The third kappa shape index (κ3) is 6.75. The van der Waals surface area contributed by atoms with Gasteiger partial charge in [0.2, 0.25) is 0 Å². The van der Waals surface area contributed by atoms with Gasteiger partial charge in [-0.05, 0) is 52.6 Å². The summed E-state index contributed by atoms with van der Waals surface area (Å²) in [6.07, 6.45) is 6.32. The highest BCUT2D eigenvalue weighted by Gasteiger charge is 2.49. The summed E-state index contributed by atoms with van der Waals surface area (Å²) >= 11 is 3.81. The second kappa shape index (κ2) is 12.4. The highest BCUT2D eigenvalue weighted by Crippen LogP contribution is 2.37. The fourth-order valence-corrected chi connectivity index (χ4v) is 11.8. The van der Waals surface area contributed by atoms with Crippen LogP contribution in [0.3, 0.4) is 0 Å². The molecule has 0 amide bonds. The molecule has 2 aromatic carbocycles. The summed E-state index contributed by atoms with van der Waals surface area (Å²) < 4.78 is 21.6. The lowest BCUT2D eigenvalue weighted by Gasteiger charge is -2.43. The molecule has 0 N–H and O–H groups in total. The van der Waals surface area contributed by atoms with E-state index in [1.54, 1.807) is 6.08 Å². The lowest BCUT2D eigenvalue weighted by molar-refractivity contribution is 0.288. The highest BCUT2D eigenvalue weighted by molar-refractivity contribution is 8.17. The van der Waals surface area contributed by atoms with Crippen LogP contribution < -0.4 is 10.4 Å². The van der Waals surface area contributed by atoms with E-state index in [0.717, 1.165) is 19.3 Å². The van der Waals surface area contributed by atoms with Crippen LogP contribution in [0.1, 0.15) is 52.9 Å². The molecule has 5 heteroatoms. The zero-order valence-electron chi connectivity index (χ0n) is 19.7. The Labute approximate surface area is 203 Å². The first-order chi connectivity index (χ1) is 15.4. The molecule has 0 aromatic heterocycles. The second-order valence-corrected chi connectivity index (χ2v) is 16.6. The van der Waals surface area contributed by atoms with Gasteiger partial charge in [0.15, 0.2) is 0 Å². The Hall–Kier alpha value is -1.01. The molecule has 0 aliphatic carbocycles. The predicted octanol–water partition coefficient (Wildman–Crippen LogP) is 7.17. The zero-order chi connectivity index (χ0) is 22.9. The molecule has 0 radical (unpaired) electrons. The van der Waals surface area contributed by atoms with Gasteiger partial charge in [0.25, 0.3) is 8.32 Å². The van der Waals surface area contributed by atoms with Gasteiger partial charge >= 0.3 is 0 Å². The predicted molar refractivity (Wildman–Crippen MR) is 145 cm³/mol. The summed E-state index contributed by atoms with van der Waals surface area (Å²) in [5.41, 5.74) is 0. The molecule has 3 rings (SSSR count). The van der Waals surface area contributed by atoms with Crippen LogP contribution in [0.25, 0.3) is 0 Å². The van der Waals surface area contributed by atoms with E-state index in [1.807, 2.05) is 23.5 Å². The molecule has 1 fully saturated rings. The first-order valence-electron chi connectivity index (χ1n) is 11.8. The molecule has 0 spiro atoms. The van der Waals surface area contributed by atoms with Crippen LogP contribution >= 0.6 is 23.5 Å². The van der Waals surface area contributed by atoms with Crippen LogP contribution in [0.4, 0.5) is 4.39 Å². The maximum atomic E-state index is 14.3. The van der Waals surface area contributed by atoms with Crippen molar-refractivity contribution in [2.45, 2.75) is 62.5 Å². The Morgan fingerprint density at radius 3 is 2.06 bits per heavy atom. The minimum absolute atomic E-state index is 0.00293. The maximum Gasteiger partial charge on any atom is 0.261 e. The number of thioether (sulfide) groups is 2. The maximum absolute atomic E-state index is 14.3. The van der Waals surface area contributed by atoms with Gasteiger partial charge < -0.3 is 4.43 Å². The monoisotopic (exact) mass is 488 g/mol. The first-order valence-corrected chi connectivity index (χ1v) is 15.8. The Morgan fingerprint density at radius 2 is 1.53 bits per heavy atom. The van der Waals surface area contributed by atoms with Gasteiger partial charge in [0.1, 0.15) is 0 Å². The molecule has 1 aliphatic heterocycles. The van der Waals surface area contributed by atoms with Gasteiger partial charge in [-0.1, -0.05) is 87.5 Å². The Morgan fingerprint density at radius 1 is 0.969 bits per heavy atom. The fraction of sp³-hybridized carbons (Fsp3) is 0.481. The molecule has 0 atom stereocenters.